The Morgan fingerprint density at radius 2 is 1.65 bits per heavy atom. The molecule has 2 aliphatic rings. The Morgan fingerprint density at radius 1 is 1.00 bits per heavy atom. The summed E-state index contributed by atoms with van der Waals surface area (Å²) in [5.74, 6) is -1.35. The van der Waals surface area contributed by atoms with Crippen molar-refractivity contribution in [1.29, 1.82) is 0 Å². The quantitative estimate of drug-likeness (QED) is 0.461. The first-order chi connectivity index (χ1) is 16.1. The molecule has 186 valence electrons. The zero-order valence-electron chi connectivity index (χ0n) is 20.1. The van der Waals surface area contributed by atoms with E-state index in [0.717, 1.165) is 5.69 Å². The van der Waals surface area contributed by atoms with Crippen LogP contribution in [-0.2, 0) is 28.5 Å². The summed E-state index contributed by atoms with van der Waals surface area (Å²) in [7, 11) is 2.47. The molecule has 0 bridgehead atoms. The molecule has 1 saturated heterocycles. The SMILES string of the molecule is COC(=O)C1=C(C(=O)OC)N(c2ccc(N3CCN(C(=O)OC(C)(C)C)CC3)c(Cl)c2)COC1. The number of methoxy groups -OCH3 is 2. The second-order valence-electron chi connectivity index (χ2n) is 8.81. The standard InChI is InChI=1S/C23H30ClN3O7/c1-23(2,3)34-22(30)26-10-8-25(9-11-26)18-7-6-15(12-17(18)24)27-14-33-13-16(20(28)31-4)19(27)21(29)32-5/h6-7,12H,8-11,13-14H2,1-5H3. The molecule has 10 nitrogen and oxygen atoms in total. The Kier molecular flexibility index (Phi) is 7.93. The third-order valence-corrected chi connectivity index (χ3v) is 5.65. The lowest BCUT2D eigenvalue weighted by Gasteiger charge is -2.37. The van der Waals surface area contributed by atoms with Crippen molar-refractivity contribution < 1.29 is 33.3 Å². The Bertz CT molecular complexity index is 981. The molecule has 2 aliphatic heterocycles. The van der Waals surface area contributed by atoms with Crippen molar-refractivity contribution in [3.8, 4) is 0 Å². The molecule has 2 heterocycles. The molecule has 0 spiro atoms. The van der Waals surface area contributed by atoms with Gasteiger partial charge in [-0.15, -0.1) is 0 Å². The number of piperazine rings is 1. The van der Waals surface area contributed by atoms with Gasteiger partial charge in [0.05, 0.1) is 37.1 Å². The summed E-state index contributed by atoms with van der Waals surface area (Å²) in [5, 5.41) is 0.456. The molecule has 1 amide bonds. The number of rotatable bonds is 4. The topological polar surface area (TPSA) is 97.9 Å². The molecule has 0 atom stereocenters. The van der Waals surface area contributed by atoms with Crippen LogP contribution in [0, 0.1) is 0 Å². The molecule has 0 aromatic heterocycles. The van der Waals surface area contributed by atoms with Crippen LogP contribution >= 0.6 is 11.6 Å². The van der Waals surface area contributed by atoms with Crippen LogP contribution in [0.5, 0.6) is 0 Å². The van der Waals surface area contributed by atoms with Gasteiger partial charge in [-0.1, -0.05) is 11.6 Å². The van der Waals surface area contributed by atoms with Crippen LogP contribution in [-0.4, -0.2) is 82.3 Å². The summed E-state index contributed by atoms with van der Waals surface area (Å²) < 4.78 is 20.6. The molecule has 34 heavy (non-hydrogen) atoms. The van der Waals surface area contributed by atoms with Crippen LogP contribution < -0.4 is 9.80 Å². The van der Waals surface area contributed by atoms with Gasteiger partial charge in [0.25, 0.3) is 0 Å². The Morgan fingerprint density at radius 3 is 2.21 bits per heavy atom. The van der Waals surface area contributed by atoms with Crippen LogP contribution in [0.25, 0.3) is 0 Å². The predicted octanol–water partition coefficient (Wildman–Crippen LogP) is 2.79. The fourth-order valence-electron chi connectivity index (χ4n) is 3.72. The van der Waals surface area contributed by atoms with Gasteiger partial charge < -0.3 is 33.6 Å². The van der Waals surface area contributed by atoms with E-state index in [2.05, 4.69) is 4.90 Å². The summed E-state index contributed by atoms with van der Waals surface area (Å²) in [6, 6.07) is 5.32. The first-order valence-corrected chi connectivity index (χ1v) is 11.2. The van der Waals surface area contributed by atoms with Gasteiger partial charge in [-0.3, -0.25) is 0 Å². The zero-order valence-corrected chi connectivity index (χ0v) is 20.8. The maximum Gasteiger partial charge on any atom is 0.410 e. The van der Waals surface area contributed by atoms with E-state index in [0.29, 0.717) is 36.9 Å². The fraction of sp³-hybridized carbons (Fsp3) is 0.522. The summed E-state index contributed by atoms with van der Waals surface area (Å²) in [6.07, 6.45) is -0.331. The van der Waals surface area contributed by atoms with Crippen molar-refractivity contribution in [1.82, 2.24) is 4.90 Å². The Hall–Kier alpha value is -2.98. The van der Waals surface area contributed by atoms with Crippen molar-refractivity contribution in [3.05, 3.63) is 34.5 Å². The molecule has 0 N–H and O–H groups in total. The maximum atomic E-state index is 12.5. The van der Waals surface area contributed by atoms with Gasteiger partial charge in [0.2, 0.25) is 0 Å². The van der Waals surface area contributed by atoms with E-state index in [9.17, 15) is 14.4 Å². The van der Waals surface area contributed by atoms with Gasteiger partial charge in [0, 0.05) is 31.9 Å². The largest absolute Gasteiger partial charge is 0.466 e. The zero-order chi connectivity index (χ0) is 25.0. The molecule has 0 radical (unpaired) electrons. The first-order valence-electron chi connectivity index (χ1n) is 10.8. The van der Waals surface area contributed by atoms with E-state index >= 15 is 0 Å². The van der Waals surface area contributed by atoms with Gasteiger partial charge in [-0.25, -0.2) is 14.4 Å². The van der Waals surface area contributed by atoms with E-state index in [1.54, 1.807) is 17.0 Å². The summed E-state index contributed by atoms with van der Waals surface area (Å²) >= 11 is 6.62. The lowest BCUT2D eigenvalue weighted by atomic mass is 10.1. The molecule has 0 unspecified atom stereocenters. The number of carbonyl (C=O) groups is 3. The average molecular weight is 496 g/mol. The Balaban J connectivity index is 1.78. The monoisotopic (exact) mass is 495 g/mol. The predicted molar refractivity (Wildman–Crippen MR) is 126 cm³/mol. The average Bonchev–Trinajstić information content (AvgIpc) is 2.81. The minimum Gasteiger partial charge on any atom is -0.466 e. The number of nitrogens with zero attached hydrogens (tertiary/aromatic N) is 3. The fourth-order valence-corrected chi connectivity index (χ4v) is 4.02. The number of ether oxygens (including phenoxy) is 4. The van der Waals surface area contributed by atoms with E-state index in [1.165, 1.54) is 19.1 Å². The van der Waals surface area contributed by atoms with E-state index < -0.39 is 17.5 Å². The molecule has 1 aromatic carbocycles. The van der Waals surface area contributed by atoms with Crippen LogP contribution in [0.4, 0.5) is 16.2 Å². The third-order valence-electron chi connectivity index (χ3n) is 5.35. The van der Waals surface area contributed by atoms with Crippen LogP contribution in [0.3, 0.4) is 0 Å². The summed E-state index contributed by atoms with van der Waals surface area (Å²) in [6.45, 7) is 7.67. The number of carbonyl (C=O) groups excluding carboxylic acids is 3. The van der Waals surface area contributed by atoms with Crippen LogP contribution in [0.15, 0.2) is 29.5 Å². The number of halogens is 1. The Labute approximate surface area is 203 Å². The lowest BCUT2D eigenvalue weighted by molar-refractivity contribution is -0.140. The number of esters is 2. The van der Waals surface area contributed by atoms with Gasteiger partial charge in [-0.05, 0) is 39.0 Å². The van der Waals surface area contributed by atoms with Crippen molar-refractivity contribution in [2.75, 3.05) is 63.5 Å². The lowest BCUT2D eigenvalue weighted by Crippen LogP contribution is -2.50. The van der Waals surface area contributed by atoms with E-state index in [-0.39, 0.29) is 30.7 Å². The van der Waals surface area contributed by atoms with Gasteiger partial charge in [0.1, 0.15) is 18.0 Å². The highest BCUT2D eigenvalue weighted by molar-refractivity contribution is 6.33. The summed E-state index contributed by atoms with van der Waals surface area (Å²) in [4.78, 5) is 42.3. The highest BCUT2D eigenvalue weighted by Gasteiger charge is 2.33. The maximum absolute atomic E-state index is 12.5. The van der Waals surface area contributed by atoms with Crippen molar-refractivity contribution in [2.45, 2.75) is 26.4 Å². The molecule has 0 saturated carbocycles. The highest BCUT2D eigenvalue weighted by Crippen LogP contribution is 2.34. The second-order valence-corrected chi connectivity index (χ2v) is 9.21. The number of anilines is 2. The van der Waals surface area contributed by atoms with Crippen molar-refractivity contribution in [2.24, 2.45) is 0 Å². The van der Waals surface area contributed by atoms with Gasteiger partial charge >= 0.3 is 18.0 Å². The highest BCUT2D eigenvalue weighted by atomic mass is 35.5. The molecule has 1 fully saturated rings. The third kappa shape index (κ3) is 5.74. The number of benzene rings is 1. The molecule has 1 aromatic rings. The number of hydrogen-bond acceptors (Lipinski definition) is 9. The van der Waals surface area contributed by atoms with Crippen molar-refractivity contribution >= 4 is 41.0 Å². The van der Waals surface area contributed by atoms with Crippen LogP contribution in [0.1, 0.15) is 20.8 Å². The molecule has 0 aliphatic carbocycles. The molecular weight excluding hydrogens is 466 g/mol. The first kappa shape index (κ1) is 25.6. The molecular formula is C23H30ClN3O7. The molecule has 3 rings (SSSR count). The number of amides is 1. The van der Waals surface area contributed by atoms with E-state index in [1.807, 2.05) is 26.8 Å². The van der Waals surface area contributed by atoms with Crippen molar-refractivity contribution in [3.63, 3.8) is 0 Å². The minimum absolute atomic E-state index is 0.0369. The van der Waals surface area contributed by atoms with Gasteiger partial charge in [-0.2, -0.15) is 0 Å². The smallest absolute Gasteiger partial charge is 0.410 e. The van der Waals surface area contributed by atoms with E-state index in [4.69, 9.17) is 30.5 Å². The molecule has 11 heteroatoms. The second kappa shape index (κ2) is 10.5. The van der Waals surface area contributed by atoms with Gasteiger partial charge in [0.15, 0.2) is 0 Å². The summed E-state index contributed by atoms with van der Waals surface area (Å²) in [5.41, 5.74) is 0.928. The normalized spacial score (nSPS) is 16.9. The van der Waals surface area contributed by atoms with Crippen LogP contribution in [0.2, 0.25) is 5.02 Å². The number of hydrogen-bond donors (Lipinski definition) is 0. The minimum atomic E-state index is -0.679.